The van der Waals surface area contributed by atoms with Gasteiger partial charge < -0.3 is 19.0 Å². The first-order valence-electron chi connectivity index (χ1n) is 9.43. The summed E-state index contributed by atoms with van der Waals surface area (Å²) < 4.78 is 11.0. The van der Waals surface area contributed by atoms with Crippen molar-refractivity contribution >= 4 is 39.4 Å². The second kappa shape index (κ2) is 8.30. The normalized spacial score (nSPS) is 11.3. The highest BCUT2D eigenvalue weighted by molar-refractivity contribution is 6.35. The number of halogens is 1. The molecule has 0 aliphatic carbocycles. The third-order valence-electron chi connectivity index (χ3n) is 4.97. The number of hydrogen-bond acceptors (Lipinski definition) is 5. The summed E-state index contributed by atoms with van der Waals surface area (Å²) in [6.45, 7) is 2.55. The Bertz CT molecular complexity index is 1290. The molecule has 0 aliphatic rings. The molecule has 0 unspecified atom stereocenters. The lowest BCUT2D eigenvalue weighted by Crippen LogP contribution is -2.34. The molecule has 7 nitrogen and oxygen atoms in total. The van der Waals surface area contributed by atoms with Crippen LogP contribution in [0.1, 0.15) is 21.9 Å². The van der Waals surface area contributed by atoms with Gasteiger partial charge in [0.15, 0.2) is 11.3 Å². The van der Waals surface area contributed by atoms with E-state index in [2.05, 4.69) is 9.97 Å². The quantitative estimate of drug-likeness (QED) is 0.505. The molecular weight excluding hydrogens is 406 g/mol. The van der Waals surface area contributed by atoms with Crippen molar-refractivity contribution in [1.82, 2.24) is 14.9 Å². The number of carbonyl (C=O) groups is 1. The lowest BCUT2D eigenvalue weighted by Gasteiger charge is -2.21. The minimum atomic E-state index is -0.326. The number of hydrogen-bond donors (Lipinski definition) is 1. The van der Waals surface area contributed by atoms with Crippen molar-refractivity contribution in [3.8, 4) is 0 Å². The Labute approximate surface area is 177 Å². The maximum absolute atomic E-state index is 13.3. The van der Waals surface area contributed by atoms with Gasteiger partial charge in [-0.1, -0.05) is 35.9 Å². The molecule has 0 fully saturated rings. The van der Waals surface area contributed by atoms with Crippen molar-refractivity contribution in [2.24, 2.45) is 0 Å². The van der Waals surface area contributed by atoms with Crippen LogP contribution in [0.25, 0.3) is 21.9 Å². The zero-order valence-electron chi connectivity index (χ0n) is 16.6. The summed E-state index contributed by atoms with van der Waals surface area (Å²) in [5.74, 6) is 0.264. The van der Waals surface area contributed by atoms with E-state index in [1.807, 2.05) is 25.1 Å². The van der Waals surface area contributed by atoms with Crippen LogP contribution in [-0.2, 0) is 11.3 Å². The number of nitrogens with zero attached hydrogens (tertiary/aromatic N) is 2. The largest absolute Gasteiger partial charge is 0.449 e. The number of amides is 1. The van der Waals surface area contributed by atoms with E-state index in [9.17, 15) is 9.59 Å². The molecule has 0 saturated carbocycles. The average molecular weight is 426 g/mol. The first kappa shape index (κ1) is 20.1. The number of ether oxygens (including phenoxy) is 1. The van der Waals surface area contributed by atoms with Crippen molar-refractivity contribution in [2.45, 2.75) is 13.5 Å². The van der Waals surface area contributed by atoms with Gasteiger partial charge in [0, 0.05) is 24.6 Å². The van der Waals surface area contributed by atoms with E-state index in [1.165, 1.54) is 4.90 Å². The van der Waals surface area contributed by atoms with Crippen LogP contribution in [0.15, 0.2) is 51.7 Å². The topological polar surface area (TPSA) is 88.4 Å². The van der Waals surface area contributed by atoms with E-state index in [1.54, 1.807) is 31.4 Å². The lowest BCUT2D eigenvalue weighted by molar-refractivity contribution is 0.0645. The van der Waals surface area contributed by atoms with E-state index in [4.69, 9.17) is 20.8 Å². The van der Waals surface area contributed by atoms with Crippen LogP contribution in [0.4, 0.5) is 0 Å². The van der Waals surface area contributed by atoms with Gasteiger partial charge in [0.2, 0.25) is 0 Å². The Hall–Kier alpha value is -3.16. The fourth-order valence-electron chi connectivity index (χ4n) is 3.40. The Morgan fingerprint density at radius 3 is 2.73 bits per heavy atom. The number of rotatable bonds is 6. The maximum atomic E-state index is 13.3. The number of aryl methyl sites for hydroxylation is 1. The van der Waals surface area contributed by atoms with Gasteiger partial charge in [0.25, 0.3) is 11.5 Å². The molecule has 2 aromatic heterocycles. The molecule has 2 heterocycles. The molecular formula is C22H20ClN3O4. The van der Waals surface area contributed by atoms with E-state index in [0.29, 0.717) is 46.0 Å². The Morgan fingerprint density at radius 2 is 1.97 bits per heavy atom. The van der Waals surface area contributed by atoms with E-state index < -0.39 is 0 Å². The SMILES string of the molecule is COCCN(Cc1nc2ccccc2c(=O)[nH]1)C(=O)c1oc2c(Cl)cccc2c1C. The summed E-state index contributed by atoms with van der Waals surface area (Å²) in [5.41, 5.74) is 1.51. The predicted molar refractivity (Wildman–Crippen MR) is 115 cm³/mol. The highest BCUT2D eigenvalue weighted by atomic mass is 35.5. The standard InChI is InChI=1S/C22H20ClN3O4/c1-13-14-7-5-8-16(23)20(14)30-19(13)22(28)26(10-11-29-2)12-18-24-17-9-4-3-6-15(17)21(27)25-18/h3-9H,10-12H2,1-2H3,(H,24,25,27). The average Bonchev–Trinajstić information content (AvgIpc) is 3.08. The number of nitrogens with one attached hydrogen (secondary N) is 1. The summed E-state index contributed by atoms with van der Waals surface area (Å²) in [4.78, 5) is 34.5. The van der Waals surface area contributed by atoms with Gasteiger partial charge in [-0.15, -0.1) is 0 Å². The van der Waals surface area contributed by atoms with Gasteiger partial charge in [0.05, 0.1) is 29.1 Å². The van der Waals surface area contributed by atoms with E-state index in [0.717, 1.165) is 5.39 Å². The molecule has 0 spiro atoms. The maximum Gasteiger partial charge on any atom is 0.290 e. The van der Waals surface area contributed by atoms with Crippen molar-refractivity contribution in [2.75, 3.05) is 20.3 Å². The molecule has 1 N–H and O–H groups in total. The monoisotopic (exact) mass is 425 g/mol. The summed E-state index contributed by atoms with van der Waals surface area (Å²) in [5, 5.41) is 1.73. The van der Waals surface area contributed by atoms with Gasteiger partial charge in [-0.05, 0) is 25.1 Å². The number of aromatic nitrogens is 2. The number of fused-ring (bicyclic) bond motifs is 2. The molecule has 1 amide bonds. The summed E-state index contributed by atoms with van der Waals surface area (Å²) >= 11 is 6.22. The second-order valence-electron chi connectivity index (χ2n) is 6.92. The molecule has 0 aliphatic heterocycles. The van der Waals surface area contributed by atoms with Crippen molar-refractivity contribution < 1.29 is 13.9 Å². The minimum Gasteiger partial charge on any atom is -0.449 e. The minimum absolute atomic E-state index is 0.104. The van der Waals surface area contributed by atoms with E-state index in [-0.39, 0.29) is 23.8 Å². The molecule has 4 aromatic rings. The number of methoxy groups -OCH3 is 1. The van der Waals surface area contributed by atoms with Gasteiger partial charge >= 0.3 is 0 Å². The first-order chi connectivity index (χ1) is 14.5. The smallest absolute Gasteiger partial charge is 0.290 e. The zero-order valence-corrected chi connectivity index (χ0v) is 17.3. The molecule has 0 saturated heterocycles. The zero-order chi connectivity index (χ0) is 21.3. The summed E-state index contributed by atoms with van der Waals surface area (Å²) in [6, 6.07) is 12.5. The number of H-pyrrole nitrogens is 1. The molecule has 8 heteroatoms. The fourth-order valence-corrected chi connectivity index (χ4v) is 3.61. The third-order valence-corrected chi connectivity index (χ3v) is 5.26. The number of benzene rings is 2. The number of furan rings is 1. The van der Waals surface area contributed by atoms with E-state index >= 15 is 0 Å². The molecule has 0 atom stereocenters. The number of para-hydroxylation sites is 2. The van der Waals surface area contributed by atoms with Crippen molar-refractivity contribution in [1.29, 1.82) is 0 Å². The number of carbonyl (C=O) groups excluding carboxylic acids is 1. The second-order valence-corrected chi connectivity index (χ2v) is 7.33. The van der Waals surface area contributed by atoms with Crippen molar-refractivity contribution in [3.63, 3.8) is 0 Å². The van der Waals surface area contributed by atoms with Crippen LogP contribution in [0, 0.1) is 6.92 Å². The molecule has 30 heavy (non-hydrogen) atoms. The van der Waals surface area contributed by atoms with Gasteiger partial charge in [-0.2, -0.15) is 0 Å². The molecule has 154 valence electrons. The van der Waals surface area contributed by atoms with Crippen LogP contribution in [-0.4, -0.2) is 41.0 Å². The molecule has 4 rings (SSSR count). The van der Waals surface area contributed by atoms with Gasteiger partial charge in [-0.3, -0.25) is 9.59 Å². The van der Waals surface area contributed by atoms with Crippen LogP contribution in [0.5, 0.6) is 0 Å². The molecule has 0 radical (unpaired) electrons. The first-order valence-corrected chi connectivity index (χ1v) is 9.81. The summed E-state index contributed by atoms with van der Waals surface area (Å²) in [7, 11) is 1.56. The molecule has 0 bridgehead atoms. The van der Waals surface area contributed by atoms with Crippen LogP contribution in [0.2, 0.25) is 5.02 Å². The van der Waals surface area contributed by atoms with Crippen LogP contribution in [0.3, 0.4) is 0 Å². The van der Waals surface area contributed by atoms with Crippen molar-refractivity contribution in [3.05, 3.63) is 75.0 Å². The lowest BCUT2D eigenvalue weighted by atomic mass is 10.1. The highest BCUT2D eigenvalue weighted by Gasteiger charge is 2.25. The van der Waals surface area contributed by atoms with Crippen LogP contribution >= 0.6 is 11.6 Å². The third kappa shape index (κ3) is 3.69. The van der Waals surface area contributed by atoms with Crippen LogP contribution < -0.4 is 5.56 Å². The summed E-state index contributed by atoms with van der Waals surface area (Å²) in [6.07, 6.45) is 0. The molecule has 2 aromatic carbocycles. The predicted octanol–water partition coefficient (Wildman–Crippen LogP) is 3.92. The number of aromatic amines is 1. The fraction of sp³-hybridized carbons (Fsp3) is 0.227. The highest BCUT2D eigenvalue weighted by Crippen LogP contribution is 2.31. The van der Waals surface area contributed by atoms with Gasteiger partial charge in [-0.25, -0.2) is 4.98 Å². The van der Waals surface area contributed by atoms with Gasteiger partial charge in [0.1, 0.15) is 5.82 Å². The Balaban J connectivity index is 1.71. The Morgan fingerprint density at radius 1 is 1.20 bits per heavy atom. The Kier molecular flexibility index (Phi) is 5.57.